The Hall–Kier alpha value is -1.82. The zero-order valence-corrected chi connectivity index (χ0v) is 10.9. The number of amides is 1. The van der Waals surface area contributed by atoms with Crippen molar-refractivity contribution in [1.82, 2.24) is 10.2 Å². The topological polar surface area (TPSA) is 82.8 Å². The number of carboxylic acids is 1. The van der Waals surface area contributed by atoms with E-state index in [1.54, 1.807) is 6.92 Å². The monoisotopic (exact) mass is 266 g/mol. The first-order valence-electron chi connectivity index (χ1n) is 6.36. The van der Waals surface area contributed by atoms with E-state index in [4.69, 9.17) is 9.52 Å². The zero-order valence-electron chi connectivity index (χ0n) is 10.9. The van der Waals surface area contributed by atoms with Crippen molar-refractivity contribution in [3.63, 3.8) is 0 Å². The molecule has 0 aliphatic carbocycles. The summed E-state index contributed by atoms with van der Waals surface area (Å²) >= 11 is 0. The number of rotatable bonds is 4. The summed E-state index contributed by atoms with van der Waals surface area (Å²) in [4.78, 5) is 23.7. The second kappa shape index (κ2) is 5.88. The predicted molar refractivity (Wildman–Crippen MR) is 67.8 cm³/mol. The summed E-state index contributed by atoms with van der Waals surface area (Å²) in [6.45, 7) is 3.64. The summed E-state index contributed by atoms with van der Waals surface area (Å²) in [7, 11) is 0. The van der Waals surface area contributed by atoms with Gasteiger partial charge in [-0.15, -0.1) is 0 Å². The molecule has 0 bridgehead atoms. The molecule has 6 heteroatoms. The molecule has 0 aromatic carbocycles. The molecular weight excluding hydrogens is 248 g/mol. The van der Waals surface area contributed by atoms with Crippen LogP contribution in [-0.4, -0.2) is 41.0 Å². The Morgan fingerprint density at radius 3 is 2.68 bits per heavy atom. The Balaban J connectivity index is 1.77. The molecule has 0 spiro atoms. The van der Waals surface area contributed by atoms with E-state index < -0.39 is 5.97 Å². The van der Waals surface area contributed by atoms with Crippen molar-refractivity contribution in [3.8, 4) is 0 Å². The van der Waals surface area contributed by atoms with Crippen LogP contribution in [0.25, 0.3) is 0 Å². The maximum absolute atomic E-state index is 11.2. The van der Waals surface area contributed by atoms with E-state index in [0.29, 0.717) is 18.3 Å². The molecule has 2 rings (SSSR count). The van der Waals surface area contributed by atoms with Crippen LogP contribution in [0.4, 0.5) is 0 Å². The number of carbonyl (C=O) groups excluding carboxylic acids is 1. The van der Waals surface area contributed by atoms with Crippen LogP contribution in [-0.2, 0) is 11.3 Å². The van der Waals surface area contributed by atoms with Gasteiger partial charge in [-0.3, -0.25) is 4.79 Å². The lowest BCUT2D eigenvalue weighted by Crippen LogP contribution is -2.43. The third kappa shape index (κ3) is 3.57. The molecule has 1 amide bonds. The highest BCUT2D eigenvalue weighted by molar-refractivity contribution is 5.87. The number of carboxylic acid groups (broad SMARTS) is 1. The Bertz CT molecular complexity index is 461. The fraction of sp³-hybridized carbons (Fsp3) is 0.538. The van der Waals surface area contributed by atoms with Crippen LogP contribution in [0.15, 0.2) is 16.7 Å². The first-order valence-corrected chi connectivity index (χ1v) is 6.36. The summed E-state index contributed by atoms with van der Waals surface area (Å²) in [6.07, 6.45) is 3.07. The fourth-order valence-electron chi connectivity index (χ4n) is 2.23. The lowest BCUT2D eigenvalue weighted by molar-refractivity contribution is -0.129. The van der Waals surface area contributed by atoms with E-state index in [1.807, 2.05) is 4.90 Å². The fourth-order valence-corrected chi connectivity index (χ4v) is 2.23. The van der Waals surface area contributed by atoms with Gasteiger partial charge in [-0.25, -0.2) is 4.79 Å². The molecule has 104 valence electrons. The van der Waals surface area contributed by atoms with Gasteiger partial charge in [-0.05, 0) is 18.9 Å². The average Bonchev–Trinajstić information content (AvgIpc) is 2.86. The van der Waals surface area contributed by atoms with Crippen molar-refractivity contribution in [2.45, 2.75) is 32.4 Å². The molecule has 1 aliphatic rings. The molecule has 0 atom stereocenters. The Morgan fingerprint density at radius 1 is 1.47 bits per heavy atom. The van der Waals surface area contributed by atoms with Gasteiger partial charge in [-0.1, -0.05) is 0 Å². The zero-order chi connectivity index (χ0) is 13.8. The summed E-state index contributed by atoms with van der Waals surface area (Å²) in [5.41, 5.74) is 0.170. The first kappa shape index (κ1) is 13.6. The summed E-state index contributed by atoms with van der Waals surface area (Å²) in [6, 6.07) is 1.87. The van der Waals surface area contributed by atoms with Crippen molar-refractivity contribution in [2.24, 2.45) is 0 Å². The molecule has 1 aromatic rings. The van der Waals surface area contributed by atoms with E-state index in [0.717, 1.165) is 25.9 Å². The van der Waals surface area contributed by atoms with Gasteiger partial charge in [0.05, 0.1) is 12.1 Å². The highest BCUT2D eigenvalue weighted by atomic mass is 16.4. The van der Waals surface area contributed by atoms with Crippen molar-refractivity contribution in [3.05, 3.63) is 23.7 Å². The van der Waals surface area contributed by atoms with E-state index in [2.05, 4.69) is 5.32 Å². The van der Waals surface area contributed by atoms with Gasteiger partial charge in [0.1, 0.15) is 12.0 Å². The number of hydrogen-bond donors (Lipinski definition) is 2. The molecule has 2 heterocycles. The molecule has 2 N–H and O–H groups in total. The molecule has 0 radical (unpaired) electrons. The van der Waals surface area contributed by atoms with Gasteiger partial charge in [-0.2, -0.15) is 0 Å². The molecule has 1 saturated heterocycles. The van der Waals surface area contributed by atoms with Crippen LogP contribution < -0.4 is 5.32 Å². The molecular formula is C13H18N2O4. The molecule has 1 fully saturated rings. The number of carbonyl (C=O) groups is 2. The second-order valence-corrected chi connectivity index (χ2v) is 4.77. The summed E-state index contributed by atoms with van der Waals surface area (Å²) in [5, 5.41) is 12.1. The average molecular weight is 266 g/mol. The maximum atomic E-state index is 11.2. The van der Waals surface area contributed by atoms with Crippen LogP contribution in [0.1, 0.15) is 35.9 Å². The van der Waals surface area contributed by atoms with Gasteiger partial charge >= 0.3 is 5.97 Å². The van der Waals surface area contributed by atoms with Crippen molar-refractivity contribution < 1.29 is 19.1 Å². The van der Waals surface area contributed by atoms with Crippen LogP contribution in [0.5, 0.6) is 0 Å². The van der Waals surface area contributed by atoms with E-state index in [9.17, 15) is 9.59 Å². The van der Waals surface area contributed by atoms with Gasteiger partial charge in [0.15, 0.2) is 0 Å². The van der Waals surface area contributed by atoms with E-state index >= 15 is 0 Å². The van der Waals surface area contributed by atoms with Crippen molar-refractivity contribution in [2.75, 3.05) is 13.1 Å². The molecule has 6 nitrogen and oxygen atoms in total. The number of nitrogens with zero attached hydrogens (tertiary/aromatic N) is 1. The van der Waals surface area contributed by atoms with Crippen molar-refractivity contribution in [1.29, 1.82) is 0 Å². The first-order chi connectivity index (χ1) is 9.06. The molecule has 1 aliphatic heterocycles. The number of likely N-dealkylation sites (tertiary alicyclic amines) is 1. The third-order valence-electron chi connectivity index (χ3n) is 3.41. The third-order valence-corrected chi connectivity index (χ3v) is 3.41. The maximum Gasteiger partial charge on any atom is 0.338 e. The van der Waals surface area contributed by atoms with Gasteiger partial charge in [0.25, 0.3) is 0 Å². The van der Waals surface area contributed by atoms with Gasteiger partial charge in [0.2, 0.25) is 5.91 Å². The highest BCUT2D eigenvalue weighted by Crippen LogP contribution is 2.12. The lowest BCUT2D eigenvalue weighted by Gasteiger charge is -2.31. The SMILES string of the molecule is CC(=O)N1CCC(NCc2cc(C(=O)O)co2)CC1. The predicted octanol–water partition coefficient (Wildman–Crippen LogP) is 1.08. The highest BCUT2D eigenvalue weighted by Gasteiger charge is 2.20. The van der Waals surface area contributed by atoms with Gasteiger partial charge in [0, 0.05) is 26.1 Å². The molecule has 19 heavy (non-hydrogen) atoms. The summed E-state index contributed by atoms with van der Waals surface area (Å²) in [5.74, 6) is -0.244. The minimum Gasteiger partial charge on any atom is -0.478 e. The molecule has 0 saturated carbocycles. The van der Waals surface area contributed by atoms with E-state index in [1.165, 1.54) is 12.3 Å². The number of hydrogen-bond acceptors (Lipinski definition) is 4. The molecule has 0 unspecified atom stereocenters. The standard InChI is InChI=1S/C13H18N2O4/c1-9(16)15-4-2-11(3-5-15)14-7-12-6-10(8-19-12)13(17)18/h6,8,11,14H,2-5,7H2,1H3,(H,17,18). The van der Waals surface area contributed by atoms with Crippen LogP contribution in [0.3, 0.4) is 0 Å². The lowest BCUT2D eigenvalue weighted by atomic mass is 10.1. The minimum atomic E-state index is -0.982. The Morgan fingerprint density at radius 2 is 2.16 bits per heavy atom. The van der Waals surface area contributed by atoms with Gasteiger partial charge < -0.3 is 19.7 Å². The van der Waals surface area contributed by atoms with E-state index in [-0.39, 0.29) is 11.5 Å². The van der Waals surface area contributed by atoms with Crippen LogP contribution in [0.2, 0.25) is 0 Å². The number of aromatic carboxylic acids is 1. The number of nitrogens with one attached hydrogen (secondary N) is 1. The quantitative estimate of drug-likeness (QED) is 0.852. The smallest absolute Gasteiger partial charge is 0.338 e. The Labute approximate surface area is 111 Å². The normalized spacial score (nSPS) is 16.6. The van der Waals surface area contributed by atoms with Crippen LogP contribution in [0, 0.1) is 0 Å². The van der Waals surface area contributed by atoms with Crippen LogP contribution >= 0.6 is 0 Å². The minimum absolute atomic E-state index is 0.121. The van der Waals surface area contributed by atoms with Crippen molar-refractivity contribution >= 4 is 11.9 Å². The summed E-state index contributed by atoms with van der Waals surface area (Å²) < 4.78 is 5.17. The second-order valence-electron chi connectivity index (χ2n) is 4.77. The number of piperidine rings is 1. The molecule has 1 aromatic heterocycles. The number of furan rings is 1. The largest absolute Gasteiger partial charge is 0.478 e. The Kier molecular flexibility index (Phi) is 4.21.